The van der Waals surface area contributed by atoms with E-state index in [4.69, 9.17) is 26.0 Å². The fraction of sp³-hybridized carbons (Fsp3) is 0.341. The molecule has 0 bridgehead atoms. The summed E-state index contributed by atoms with van der Waals surface area (Å²) in [7, 11) is 0. The van der Waals surface area contributed by atoms with Crippen LogP contribution >= 0.6 is 23.5 Å². The van der Waals surface area contributed by atoms with Gasteiger partial charge in [-0.2, -0.15) is 5.26 Å². The Balaban J connectivity index is 0.958. The summed E-state index contributed by atoms with van der Waals surface area (Å²) in [5.41, 5.74) is 10.0. The zero-order valence-corrected chi connectivity index (χ0v) is 33.1. The van der Waals surface area contributed by atoms with Crippen LogP contribution in [0.1, 0.15) is 59.4 Å². The normalized spacial score (nSPS) is 19.7. The van der Waals surface area contributed by atoms with E-state index >= 15 is 0 Å². The molecule has 3 N–H and O–H groups in total. The molecule has 1 unspecified atom stereocenters. The number of anilines is 2. The van der Waals surface area contributed by atoms with Crippen molar-refractivity contribution in [3.8, 4) is 28.7 Å². The minimum atomic E-state index is -0.713. The molecule has 2 saturated heterocycles. The number of halogens is 1. The number of fused-ring (bicyclic) bond motifs is 3. The van der Waals surface area contributed by atoms with Crippen LogP contribution in [0.4, 0.5) is 11.5 Å². The first-order chi connectivity index (χ1) is 27.7. The van der Waals surface area contributed by atoms with Gasteiger partial charge in [0.25, 0.3) is 0 Å². The molecule has 57 heavy (non-hydrogen) atoms. The minimum absolute atomic E-state index is 0.264. The van der Waals surface area contributed by atoms with E-state index in [1.807, 2.05) is 55.6 Å². The molecule has 2 fully saturated rings. The second-order valence-electron chi connectivity index (χ2n) is 15.4. The van der Waals surface area contributed by atoms with Crippen molar-refractivity contribution in [2.24, 2.45) is 5.92 Å². The summed E-state index contributed by atoms with van der Waals surface area (Å²) in [5.74, 6) is 1.27. The fourth-order valence-corrected chi connectivity index (χ4v) is 10.2. The molecule has 0 saturated carbocycles. The number of oxazole rings is 1. The summed E-state index contributed by atoms with van der Waals surface area (Å²) in [6, 6.07) is 20.5. The summed E-state index contributed by atoms with van der Waals surface area (Å²) in [5, 5.41) is 34.6. The molecular formula is C44H42ClN7O4S. The maximum Gasteiger partial charge on any atom is 0.307 e. The number of likely N-dealkylation sites (tertiary alicyclic amines) is 1. The van der Waals surface area contributed by atoms with E-state index in [2.05, 4.69) is 37.7 Å². The van der Waals surface area contributed by atoms with Crippen molar-refractivity contribution >= 4 is 63.0 Å². The van der Waals surface area contributed by atoms with Gasteiger partial charge in [0.05, 0.1) is 22.7 Å². The number of hydrogen-bond donors (Lipinski definition) is 3. The Morgan fingerprint density at radius 1 is 1.07 bits per heavy atom. The molecule has 0 spiro atoms. The van der Waals surface area contributed by atoms with Crippen LogP contribution in [0.3, 0.4) is 0 Å². The molecule has 11 nitrogen and oxygen atoms in total. The Morgan fingerprint density at radius 3 is 2.72 bits per heavy atom. The van der Waals surface area contributed by atoms with Crippen molar-refractivity contribution in [3.05, 3.63) is 99.8 Å². The third kappa shape index (κ3) is 7.35. The number of carboxylic acids is 1. The van der Waals surface area contributed by atoms with Crippen molar-refractivity contribution in [3.63, 3.8) is 0 Å². The molecule has 9 rings (SSSR count). The number of nitriles is 1. The summed E-state index contributed by atoms with van der Waals surface area (Å²) in [6.45, 7) is 5.71. The van der Waals surface area contributed by atoms with Gasteiger partial charge in [0.2, 0.25) is 5.89 Å². The number of aliphatic hydroxyl groups is 1. The molecule has 290 valence electrons. The lowest BCUT2D eigenvalue weighted by Gasteiger charge is -2.16. The van der Waals surface area contributed by atoms with Crippen LogP contribution in [0, 0.1) is 24.2 Å². The van der Waals surface area contributed by atoms with Gasteiger partial charge in [-0.15, -0.1) is 0 Å². The Bertz CT molecular complexity index is 2570. The van der Waals surface area contributed by atoms with Crippen LogP contribution in [-0.2, 0) is 17.8 Å². The highest BCUT2D eigenvalue weighted by atomic mass is 35.5. The summed E-state index contributed by atoms with van der Waals surface area (Å²) < 4.78 is 8.62. The number of benzene rings is 3. The van der Waals surface area contributed by atoms with E-state index in [-0.39, 0.29) is 12.0 Å². The summed E-state index contributed by atoms with van der Waals surface area (Å²) in [4.78, 5) is 28.0. The van der Waals surface area contributed by atoms with Crippen LogP contribution < -0.4 is 5.32 Å². The highest BCUT2D eigenvalue weighted by Crippen LogP contribution is 2.44. The van der Waals surface area contributed by atoms with E-state index < -0.39 is 5.97 Å². The number of aliphatic carboxylic acids is 1. The van der Waals surface area contributed by atoms with E-state index in [1.165, 1.54) is 5.56 Å². The molecule has 0 radical (unpaired) electrons. The largest absolute Gasteiger partial charge is 0.481 e. The first-order valence-corrected chi connectivity index (χ1v) is 20.8. The summed E-state index contributed by atoms with van der Waals surface area (Å²) in [6.07, 6.45) is 7.60. The van der Waals surface area contributed by atoms with Crippen molar-refractivity contribution in [2.75, 3.05) is 37.2 Å². The third-order valence-corrected chi connectivity index (χ3v) is 13.3. The molecular weight excluding hydrogens is 758 g/mol. The maximum atomic E-state index is 11.4. The standard InChI is InChI=1S/C44H42ClN7O4S/c1-25-31(34-6-3-7-37(39(34)45)49-42-40-28(10-14-47-42)18-26(21-48-40)22-51-15-12-30(53)24-51)4-2-5-32(25)43-50-38-19-35-27(8-9-33(35)36(20-46)41(38)56-43)13-17-57-52-16-11-29(23-52)44(54)55/h2-7,10,14,18-19,21,27,29-30,53H,8-9,11-13,15-17,22-24H2,1H3,(H,47,49)(H,54,55)/t27?,29-,30-/m1/s1. The molecule has 6 aromatic rings. The lowest BCUT2D eigenvalue weighted by Crippen LogP contribution is -2.21. The molecule has 3 aliphatic rings. The number of nitrogens with one attached hydrogen (secondary N) is 1. The van der Waals surface area contributed by atoms with Gasteiger partial charge in [0.15, 0.2) is 11.4 Å². The van der Waals surface area contributed by atoms with Gasteiger partial charge in [-0.3, -0.25) is 14.7 Å². The van der Waals surface area contributed by atoms with E-state index in [0.29, 0.717) is 64.5 Å². The monoisotopic (exact) mass is 799 g/mol. The Labute approximate surface area is 339 Å². The topological polar surface area (TPSA) is 152 Å². The smallest absolute Gasteiger partial charge is 0.307 e. The SMILES string of the molecule is Cc1c(-c2nc3cc4c(c(C#N)c3o2)CCC4CCSN2CC[C@@H](C(=O)O)C2)cccc1-c1cccc(Nc2nccc3cc(CN4CC[C@@H](O)C4)cnc23)c1Cl. The number of hydrogen-bond acceptors (Lipinski definition) is 11. The summed E-state index contributed by atoms with van der Waals surface area (Å²) >= 11 is 8.91. The fourth-order valence-electron chi connectivity index (χ4n) is 8.76. The van der Waals surface area contributed by atoms with Crippen LogP contribution in [0.5, 0.6) is 0 Å². The average molecular weight is 800 g/mol. The molecule has 13 heteroatoms. The first kappa shape index (κ1) is 37.5. The lowest BCUT2D eigenvalue weighted by molar-refractivity contribution is -0.141. The van der Waals surface area contributed by atoms with Crippen LogP contribution in [0.15, 0.2) is 71.4 Å². The number of carbonyl (C=O) groups is 1. The highest BCUT2D eigenvalue weighted by molar-refractivity contribution is 7.97. The van der Waals surface area contributed by atoms with Gasteiger partial charge in [-0.05, 0) is 103 Å². The number of aliphatic hydroxyl groups excluding tert-OH is 1. The number of pyridine rings is 2. The van der Waals surface area contributed by atoms with Gasteiger partial charge in [-0.1, -0.05) is 47.8 Å². The zero-order valence-electron chi connectivity index (χ0n) is 31.5. The molecule has 1 aliphatic carbocycles. The van der Waals surface area contributed by atoms with Gasteiger partial charge >= 0.3 is 5.97 Å². The molecule has 3 atom stereocenters. The molecule has 3 aromatic heterocycles. The van der Waals surface area contributed by atoms with Crippen LogP contribution in [0.25, 0.3) is 44.6 Å². The lowest BCUT2D eigenvalue weighted by atomic mass is 9.96. The Morgan fingerprint density at radius 2 is 1.91 bits per heavy atom. The van der Waals surface area contributed by atoms with Crippen molar-refractivity contribution in [2.45, 2.75) is 57.6 Å². The van der Waals surface area contributed by atoms with Crippen molar-refractivity contribution in [1.82, 2.24) is 24.2 Å². The van der Waals surface area contributed by atoms with Gasteiger partial charge in [0.1, 0.15) is 22.7 Å². The zero-order chi connectivity index (χ0) is 39.2. The maximum absolute atomic E-state index is 11.4. The number of nitrogens with zero attached hydrogens (tertiary/aromatic N) is 6. The Kier molecular flexibility index (Phi) is 10.4. The number of rotatable bonds is 11. The van der Waals surface area contributed by atoms with E-state index in [0.717, 1.165) is 95.4 Å². The minimum Gasteiger partial charge on any atom is -0.481 e. The second-order valence-corrected chi connectivity index (χ2v) is 17.0. The number of β-amino-alcohol motifs (C(OH)–C–C–N with tert-alkyl or cyclic N) is 1. The molecule has 5 heterocycles. The predicted molar refractivity (Wildman–Crippen MR) is 224 cm³/mol. The number of carboxylic acid groups (broad SMARTS) is 1. The van der Waals surface area contributed by atoms with Gasteiger partial charge in [0, 0.05) is 67.4 Å². The van der Waals surface area contributed by atoms with Gasteiger partial charge in [-0.25, -0.2) is 14.3 Å². The molecule has 3 aromatic carbocycles. The average Bonchev–Trinajstić information content (AvgIpc) is 4.03. The second kappa shape index (κ2) is 15.7. The predicted octanol–water partition coefficient (Wildman–Crippen LogP) is 8.72. The third-order valence-electron chi connectivity index (χ3n) is 11.8. The number of aromatic nitrogens is 3. The van der Waals surface area contributed by atoms with Crippen LogP contribution in [0.2, 0.25) is 5.02 Å². The van der Waals surface area contributed by atoms with E-state index in [1.54, 1.807) is 18.1 Å². The van der Waals surface area contributed by atoms with Crippen molar-refractivity contribution < 1.29 is 19.4 Å². The highest BCUT2D eigenvalue weighted by Gasteiger charge is 2.31. The van der Waals surface area contributed by atoms with E-state index in [9.17, 15) is 20.3 Å². The van der Waals surface area contributed by atoms with Gasteiger partial charge < -0.3 is 19.9 Å². The Hall–Kier alpha value is -5.03. The quantitative estimate of drug-likeness (QED) is 0.108. The molecule has 0 amide bonds. The van der Waals surface area contributed by atoms with Crippen molar-refractivity contribution in [1.29, 1.82) is 5.26 Å². The first-order valence-electron chi connectivity index (χ1n) is 19.5. The molecule has 2 aliphatic heterocycles. The van der Waals surface area contributed by atoms with Crippen LogP contribution in [-0.4, -0.2) is 78.4 Å².